The van der Waals surface area contributed by atoms with Gasteiger partial charge in [-0.15, -0.1) is 0 Å². The molecule has 2 aliphatic rings. The Morgan fingerprint density at radius 2 is 1.39 bits per heavy atom. The Morgan fingerprint density at radius 3 is 1.95 bits per heavy atom. The SMILES string of the molecule is CCOC(=O)CC1(C(=O)OCC)Cc2c(OC)ccc(C)c2C1=O.COc1ccc(C)c2c1CCC2=O.[H-].[Na+]. The largest absolute Gasteiger partial charge is 1.00 e. The number of ketones is 2. The molecule has 0 N–H and O–H groups in total. The van der Waals surface area contributed by atoms with Crippen LogP contribution in [0.1, 0.15) is 71.1 Å². The molecule has 9 heteroatoms. The van der Waals surface area contributed by atoms with Crippen molar-refractivity contribution in [2.24, 2.45) is 5.41 Å². The number of Topliss-reactive ketones (excluding diaryl/α,β-unsaturated/α-hetero) is 2. The Kier molecular flexibility index (Phi) is 11.1. The van der Waals surface area contributed by atoms with Gasteiger partial charge < -0.3 is 20.4 Å². The molecular weight excluding hydrogens is 499 g/mol. The molecule has 0 heterocycles. The smallest absolute Gasteiger partial charge is 1.00 e. The second kappa shape index (κ2) is 13.4. The van der Waals surface area contributed by atoms with Gasteiger partial charge in [-0.1, -0.05) is 12.1 Å². The van der Waals surface area contributed by atoms with Crippen molar-refractivity contribution in [2.45, 2.75) is 53.4 Å². The quantitative estimate of drug-likeness (QED) is 0.299. The van der Waals surface area contributed by atoms with Crippen molar-refractivity contribution < 1.29 is 69.1 Å². The van der Waals surface area contributed by atoms with E-state index >= 15 is 0 Å². The topological polar surface area (TPSA) is 105 Å². The Bertz CT molecular complexity index is 1240. The van der Waals surface area contributed by atoms with Crippen LogP contribution in [0.25, 0.3) is 0 Å². The zero-order valence-corrected chi connectivity index (χ0v) is 25.3. The molecule has 1 atom stereocenters. The summed E-state index contributed by atoms with van der Waals surface area (Å²) in [5, 5.41) is 0. The maximum absolute atomic E-state index is 13.1. The third kappa shape index (κ3) is 5.98. The number of hydrogen-bond acceptors (Lipinski definition) is 8. The Morgan fingerprint density at radius 1 is 0.842 bits per heavy atom. The number of ether oxygens (including phenoxy) is 4. The Balaban J connectivity index is 0.000000430. The monoisotopic (exact) mass is 534 g/mol. The molecule has 1 unspecified atom stereocenters. The number of carbonyl (C=O) groups excluding carboxylic acids is 4. The third-order valence-corrected chi connectivity index (χ3v) is 6.84. The molecule has 0 radical (unpaired) electrons. The van der Waals surface area contributed by atoms with Gasteiger partial charge in [-0.25, -0.2) is 0 Å². The molecule has 0 saturated carbocycles. The van der Waals surface area contributed by atoms with Gasteiger partial charge in [0, 0.05) is 35.1 Å². The number of carbonyl (C=O) groups is 4. The number of benzene rings is 2. The van der Waals surface area contributed by atoms with Crippen LogP contribution in [0, 0.1) is 19.3 Å². The van der Waals surface area contributed by atoms with Gasteiger partial charge in [-0.2, -0.15) is 0 Å². The van der Waals surface area contributed by atoms with E-state index < -0.39 is 23.1 Å². The fraction of sp³-hybridized carbons (Fsp3) is 0.448. The minimum atomic E-state index is -1.58. The van der Waals surface area contributed by atoms with Gasteiger partial charge in [0.15, 0.2) is 11.6 Å². The van der Waals surface area contributed by atoms with Gasteiger partial charge in [0.2, 0.25) is 0 Å². The number of methoxy groups -OCH3 is 2. The Labute approximate surface area is 247 Å². The average Bonchev–Trinajstić information content (AvgIpc) is 3.40. The van der Waals surface area contributed by atoms with E-state index in [9.17, 15) is 19.2 Å². The van der Waals surface area contributed by atoms with E-state index in [-0.39, 0.29) is 62.8 Å². The average molecular weight is 535 g/mol. The summed E-state index contributed by atoms with van der Waals surface area (Å²) < 4.78 is 20.6. The summed E-state index contributed by atoms with van der Waals surface area (Å²) in [6.45, 7) is 7.41. The molecule has 38 heavy (non-hydrogen) atoms. The van der Waals surface area contributed by atoms with Gasteiger partial charge in [0.25, 0.3) is 0 Å². The molecule has 2 aromatic carbocycles. The van der Waals surface area contributed by atoms with E-state index in [0.29, 0.717) is 23.3 Å². The minimum absolute atomic E-state index is 0. The van der Waals surface area contributed by atoms with E-state index in [1.54, 1.807) is 40.0 Å². The predicted octanol–water partition coefficient (Wildman–Crippen LogP) is 1.49. The van der Waals surface area contributed by atoms with Gasteiger partial charge in [0.1, 0.15) is 16.9 Å². The molecule has 8 nitrogen and oxygen atoms in total. The van der Waals surface area contributed by atoms with E-state index in [2.05, 4.69) is 0 Å². The molecule has 0 aliphatic heterocycles. The fourth-order valence-electron chi connectivity index (χ4n) is 5.09. The molecule has 2 aliphatic carbocycles. The van der Waals surface area contributed by atoms with E-state index in [0.717, 1.165) is 34.4 Å². The van der Waals surface area contributed by atoms with Crippen molar-refractivity contribution >= 4 is 23.5 Å². The number of hydrogen-bond donors (Lipinski definition) is 0. The van der Waals surface area contributed by atoms with Crippen LogP contribution >= 0.6 is 0 Å². The van der Waals surface area contributed by atoms with Crippen LogP contribution in [0.4, 0.5) is 0 Å². The van der Waals surface area contributed by atoms with Gasteiger partial charge >= 0.3 is 41.5 Å². The molecule has 0 fully saturated rings. The molecule has 200 valence electrons. The predicted molar refractivity (Wildman–Crippen MR) is 138 cm³/mol. The molecule has 0 aromatic heterocycles. The molecule has 2 aromatic rings. The molecule has 0 bridgehead atoms. The van der Waals surface area contributed by atoms with Crippen molar-refractivity contribution in [2.75, 3.05) is 27.4 Å². The van der Waals surface area contributed by atoms with Crippen LogP contribution in [0.2, 0.25) is 0 Å². The van der Waals surface area contributed by atoms with Crippen molar-refractivity contribution in [1.82, 2.24) is 0 Å². The molecule has 0 spiro atoms. The zero-order chi connectivity index (χ0) is 27.3. The normalized spacial score (nSPS) is 16.9. The van der Waals surface area contributed by atoms with Crippen LogP contribution in [0.5, 0.6) is 11.5 Å². The number of fused-ring (bicyclic) bond motifs is 2. The number of rotatable bonds is 7. The van der Waals surface area contributed by atoms with Crippen molar-refractivity contribution in [3.63, 3.8) is 0 Å². The Hall–Kier alpha value is -2.68. The second-order valence-electron chi connectivity index (χ2n) is 9.09. The second-order valence-corrected chi connectivity index (χ2v) is 9.09. The van der Waals surface area contributed by atoms with E-state index in [1.807, 2.05) is 19.1 Å². The number of aryl methyl sites for hydroxylation is 2. The van der Waals surface area contributed by atoms with Gasteiger partial charge in [-0.3, -0.25) is 19.2 Å². The summed E-state index contributed by atoms with van der Waals surface area (Å²) in [7, 11) is 3.15. The zero-order valence-electron chi connectivity index (χ0n) is 24.3. The van der Waals surface area contributed by atoms with Crippen LogP contribution in [-0.4, -0.2) is 50.9 Å². The fourth-order valence-corrected chi connectivity index (χ4v) is 5.09. The standard InChI is InChI=1S/C18H22O6.C11H12O2.Na.H/c1-5-23-14(19)10-18(17(21)24-6-2)9-12-13(22-4)8-7-11(3)15(12)16(18)20;1-7-3-6-10(13-2)8-4-5-9(12)11(7)8;;/h7-8H,5-6,9-10H2,1-4H3;3,6H,4-5H2,1-2H3;;/q;;+1;-1. The van der Waals surface area contributed by atoms with Crippen LogP contribution < -0.4 is 39.0 Å². The first-order chi connectivity index (χ1) is 17.6. The first-order valence-electron chi connectivity index (χ1n) is 12.4. The number of esters is 2. The first kappa shape index (κ1) is 31.5. The summed E-state index contributed by atoms with van der Waals surface area (Å²) in [4.78, 5) is 49.2. The van der Waals surface area contributed by atoms with Crippen molar-refractivity contribution in [1.29, 1.82) is 0 Å². The van der Waals surface area contributed by atoms with Crippen LogP contribution in [-0.2, 0) is 31.9 Å². The molecule has 0 amide bonds. The van der Waals surface area contributed by atoms with Gasteiger partial charge in [0.05, 0.1) is 33.9 Å². The van der Waals surface area contributed by atoms with Crippen molar-refractivity contribution in [3.8, 4) is 11.5 Å². The summed E-state index contributed by atoms with van der Waals surface area (Å²) in [5.74, 6) is -0.0544. The molecule has 0 saturated heterocycles. The van der Waals surface area contributed by atoms with E-state index in [1.165, 1.54) is 7.11 Å². The summed E-state index contributed by atoms with van der Waals surface area (Å²) >= 11 is 0. The van der Waals surface area contributed by atoms with Crippen LogP contribution in [0.3, 0.4) is 0 Å². The summed E-state index contributed by atoms with van der Waals surface area (Å²) in [6, 6.07) is 7.40. The maximum atomic E-state index is 13.1. The van der Waals surface area contributed by atoms with E-state index in [4.69, 9.17) is 18.9 Å². The first-order valence-corrected chi connectivity index (χ1v) is 12.4. The third-order valence-electron chi connectivity index (χ3n) is 6.84. The van der Waals surface area contributed by atoms with Crippen LogP contribution in [0.15, 0.2) is 24.3 Å². The summed E-state index contributed by atoms with van der Waals surface area (Å²) in [6.07, 6.45) is 1.20. The van der Waals surface area contributed by atoms with Gasteiger partial charge in [-0.05, 0) is 57.4 Å². The molecule has 4 rings (SSSR count). The molecular formula is C29H35NaO8. The summed E-state index contributed by atoms with van der Waals surface area (Å²) in [5.41, 5.74) is 3.28. The van der Waals surface area contributed by atoms with Crippen molar-refractivity contribution in [3.05, 3.63) is 57.6 Å². The minimum Gasteiger partial charge on any atom is -1.00 e. The maximum Gasteiger partial charge on any atom is 1.00 e.